The zero-order chi connectivity index (χ0) is 16.7. The van der Waals surface area contributed by atoms with Crippen LogP contribution in [-0.4, -0.2) is 32.1 Å². The second-order valence-electron chi connectivity index (χ2n) is 6.15. The summed E-state index contributed by atoms with van der Waals surface area (Å²) in [5.41, 5.74) is 2.01. The van der Waals surface area contributed by atoms with Gasteiger partial charge < -0.3 is 14.4 Å². The predicted octanol–water partition coefficient (Wildman–Crippen LogP) is 1.99. The minimum absolute atomic E-state index is 0.0203. The average molecular weight is 326 g/mol. The molecule has 2 aromatic heterocycles. The summed E-state index contributed by atoms with van der Waals surface area (Å²) in [5.74, 6) is 0.628. The number of rotatable bonds is 3. The predicted molar refractivity (Wildman–Crippen MR) is 87.5 cm³/mol. The highest BCUT2D eigenvalue weighted by Gasteiger charge is 2.32. The van der Waals surface area contributed by atoms with E-state index in [1.165, 1.54) is 4.57 Å². The van der Waals surface area contributed by atoms with Crippen molar-refractivity contribution in [1.29, 1.82) is 0 Å². The number of nitrogens with one attached hydrogen (secondary N) is 1. The van der Waals surface area contributed by atoms with Gasteiger partial charge in [0, 0.05) is 12.6 Å². The van der Waals surface area contributed by atoms with Gasteiger partial charge in [-0.05, 0) is 31.9 Å². The third kappa shape index (κ3) is 2.42. The number of aromatic amines is 1. The molecule has 0 unspecified atom stereocenters. The van der Waals surface area contributed by atoms with E-state index in [0.29, 0.717) is 12.3 Å². The third-order valence-electron chi connectivity index (χ3n) is 4.52. The van der Waals surface area contributed by atoms with Gasteiger partial charge in [-0.1, -0.05) is 17.3 Å². The molecule has 1 saturated heterocycles. The number of para-hydroxylation sites is 2. The molecule has 0 saturated carbocycles. The number of carbonyl (C=O) groups is 1. The molecule has 3 aromatic rings. The monoisotopic (exact) mass is 326 g/mol. The molecule has 4 rings (SSSR count). The van der Waals surface area contributed by atoms with Crippen LogP contribution in [0.5, 0.6) is 0 Å². The van der Waals surface area contributed by atoms with Crippen molar-refractivity contribution in [3.63, 3.8) is 0 Å². The Hall–Kier alpha value is -2.83. The first-order chi connectivity index (χ1) is 11.6. The normalized spacial score (nSPS) is 17.7. The number of carbonyl (C=O) groups excluding carboxylic acids is 1. The lowest BCUT2D eigenvalue weighted by molar-refractivity contribution is -0.133. The molecule has 1 aliphatic rings. The van der Waals surface area contributed by atoms with Crippen molar-refractivity contribution < 1.29 is 9.32 Å². The summed E-state index contributed by atoms with van der Waals surface area (Å²) in [7, 11) is 0. The lowest BCUT2D eigenvalue weighted by Gasteiger charge is -2.22. The van der Waals surface area contributed by atoms with Crippen molar-refractivity contribution in [2.45, 2.75) is 32.4 Å². The van der Waals surface area contributed by atoms with Crippen molar-refractivity contribution in [3.05, 3.63) is 52.3 Å². The largest absolute Gasteiger partial charge is 0.359 e. The molecule has 24 heavy (non-hydrogen) atoms. The number of hydrogen-bond donors (Lipinski definition) is 1. The number of H-pyrrole nitrogens is 1. The zero-order valence-electron chi connectivity index (χ0n) is 13.4. The summed E-state index contributed by atoms with van der Waals surface area (Å²) < 4.78 is 6.82. The van der Waals surface area contributed by atoms with E-state index in [1.54, 1.807) is 4.90 Å². The molecular formula is C17H18N4O3. The maximum atomic E-state index is 12.8. The fraction of sp³-hybridized carbons (Fsp3) is 0.353. The van der Waals surface area contributed by atoms with Crippen molar-refractivity contribution in [1.82, 2.24) is 19.6 Å². The molecule has 1 atom stereocenters. The van der Waals surface area contributed by atoms with Crippen LogP contribution < -0.4 is 5.69 Å². The molecule has 1 aromatic carbocycles. The molecule has 3 heterocycles. The SMILES string of the molecule is Cc1cc([C@H]2CCCN2C(=O)Cn2c(=O)[nH]c3ccccc32)on1. The molecule has 7 heteroatoms. The van der Waals surface area contributed by atoms with Gasteiger partial charge in [0.25, 0.3) is 0 Å². The minimum Gasteiger partial charge on any atom is -0.359 e. The van der Waals surface area contributed by atoms with Crippen LogP contribution in [0.15, 0.2) is 39.6 Å². The Morgan fingerprint density at radius 3 is 3.04 bits per heavy atom. The molecule has 0 spiro atoms. The first-order valence-electron chi connectivity index (χ1n) is 8.04. The van der Waals surface area contributed by atoms with E-state index in [2.05, 4.69) is 10.1 Å². The number of fused-ring (bicyclic) bond motifs is 1. The second kappa shape index (κ2) is 5.67. The molecule has 0 aliphatic carbocycles. The van der Waals surface area contributed by atoms with Crippen LogP contribution in [-0.2, 0) is 11.3 Å². The van der Waals surface area contributed by atoms with Crippen LogP contribution in [0.2, 0.25) is 0 Å². The summed E-state index contributed by atoms with van der Waals surface area (Å²) in [6.07, 6.45) is 1.77. The van der Waals surface area contributed by atoms with E-state index in [0.717, 1.165) is 29.6 Å². The van der Waals surface area contributed by atoms with Crippen LogP contribution in [0.25, 0.3) is 11.0 Å². The van der Waals surface area contributed by atoms with Gasteiger partial charge in [-0.3, -0.25) is 9.36 Å². The number of aromatic nitrogens is 3. The van der Waals surface area contributed by atoms with Crippen LogP contribution in [0.4, 0.5) is 0 Å². The summed E-state index contributed by atoms with van der Waals surface area (Å²) >= 11 is 0. The maximum absolute atomic E-state index is 12.8. The highest BCUT2D eigenvalue weighted by molar-refractivity contribution is 5.81. The van der Waals surface area contributed by atoms with Gasteiger partial charge in [-0.25, -0.2) is 4.79 Å². The quantitative estimate of drug-likeness (QED) is 0.798. The van der Waals surface area contributed by atoms with E-state index in [4.69, 9.17) is 4.52 Å². The maximum Gasteiger partial charge on any atom is 0.326 e. The Morgan fingerprint density at radius 1 is 1.42 bits per heavy atom. The van der Waals surface area contributed by atoms with E-state index < -0.39 is 0 Å². The Balaban J connectivity index is 1.61. The lowest BCUT2D eigenvalue weighted by atomic mass is 10.1. The molecular weight excluding hydrogens is 308 g/mol. The highest BCUT2D eigenvalue weighted by atomic mass is 16.5. The van der Waals surface area contributed by atoms with Crippen LogP contribution in [0, 0.1) is 6.92 Å². The van der Waals surface area contributed by atoms with Crippen molar-refractivity contribution >= 4 is 16.9 Å². The van der Waals surface area contributed by atoms with Crippen molar-refractivity contribution in [2.24, 2.45) is 0 Å². The van der Waals surface area contributed by atoms with Crippen LogP contribution in [0.1, 0.15) is 30.3 Å². The first-order valence-corrected chi connectivity index (χ1v) is 8.04. The molecule has 7 nitrogen and oxygen atoms in total. The summed E-state index contributed by atoms with van der Waals surface area (Å²) in [6.45, 7) is 2.55. The smallest absolute Gasteiger partial charge is 0.326 e. The van der Waals surface area contributed by atoms with Crippen molar-refractivity contribution in [2.75, 3.05) is 6.54 Å². The standard InChI is InChI=1S/C17H18N4O3/c1-11-9-15(24-19-11)14-7-4-8-20(14)16(22)10-21-13-6-3-2-5-12(13)18-17(21)23/h2-3,5-6,9,14H,4,7-8,10H2,1H3,(H,18,23)/t14-/m1/s1. The Bertz CT molecular complexity index is 952. The van der Waals surface area contributed by atoms with Gasteiger partial charge >= 0.3 is 5.69 Å². The minimum atomic E-state index is -0.268. The molecule has 1 fully saturated rings. The molecule has 0 radical (unpaired) electrons. The fourth-order valence-electron chi connectivity index (χ4n) is 3.39. The Labute approximate surface area is 137 Å². The summed E-state index contributed by atoms with van der Waals surface area (Å²) in [5, 5.41) is 3.91. The molecule has 1 aliphatic heterocycles. The van der Waals surface area contributed by atoms with Gasteiger partial charge in [-0.15, -0.1) is 0 Å². The zero-order valence-corrected chi connectivity index (χ0v) is 13.4. The highest BCUT2D eigenvalue weighted by Crippen LogP contribution is 2.32. The van der Waals surface area contributed by atoms with Gasteiger partial charge in [0.15, 0.2) is 5.76 Å². The van der Waals surface area contributed by atoms with E-state index in [1.807, 2.05) is 37.3 Å². The van der Waals surface area contributed by atoms with Crippen molar-refractivity contribution in [3.8, 4) is 0 Å². The number of hydrogen-bond acceptors (Lipinski definition) is 4. The van der Waals surface area contributed by atoms with E-state index in [9.17, 15) is 9.59 Å². The van der Waals surface area contributed by atoms with Gasteiger partial charge in [0.1, 0.15) is 6.54 Å². The summed E-state index contributed by atoms with van der Waals surface area (Å²) in [6, 6.07) is 9.14. The number of likely N-dealkylation sites (tertiary alicyclic amines) is 1. The molecule has 1 N–H and O–H groups in total. The number of imidazole rings is 1. The second-order valence-corrected chi connectivity index (χ2v) is 6.15. The molecule has 0 bridgehead atoms. The molecule has 124 valence electrons. The first kappa shape index (κ1) is 14.7. The van der Waals surface area contributed by atoms with Crippen LogP contribution >= 0.6 is 0 Å². The van der Waals surface area contributed by atoms with Gasteiger partial charge in [-0.2, -0.15) is 0 Å². The summed E-state index contributed by atoms with van der Waals surface area (Å²) in [4.78, 5) is 29.5. The number of benzene rings is 1. The lowest BCUT2D eigenvalue weighted by Crippen LogP contribution is -2.35. The van der Waals surface area contributed by atoms with E-state index >= 15 is 0 Å². The molecule has 1 amide bonds. The Kier molecular flexibility index (Phi) is 3.48. The van der Waals surface area contributed by atoms with Crippen LogP contribution in [0.3, 0.4) is 0 Å². The number of amides is 1. The Morgan fingerprint density at radius 2 is 2.25 bits per heavy atom. The van der Waals surface area contributed by atoms with Gasteiger partial charge in [0.2, 0.25) is 5.91 Å². The third-order valence-corrected chi connectivity index (χ3v) is 4.52. The fourth-order valence-corrected chi connectivity index (χ4v) is 3.39. The topological polar surface area (TPSA) is 84.1 Å². The van der Waals surface area contributed by atoms with Gasteiger partial charge in [0.05, 0.1) is 22.8 Å². The average Bonchev–Trinajstić information content (AvgIpc) is 3.27. The van der Waals surface area contributed by atoms with E-state index in [-0.39, 0.29) is 24.2 Å². The number of nitrogens with zero attached hydrogens (tertiary/aromatic N) is 3. The number of aryl methyl sites for hydroxylation is 1.